The van der Waals surface area contributed by atoms with E-state index in [4.69, 9.17) is 0 Å². The number of likely N-dealkylation sites (tertiary alicyclic amines) is 1. The van der Waals surface area contributed by atoms with Gasteiger partial charge in [0.25, 0.3) is 11.8 Å². The monoisotopic (exact) mass is 317 g/mol. The molecule has 5 nitrogen and oxygen atoms in total. The molecular formula is C18H27N3O2. The van der Waals surface area contributed by atoms with Gasteiger partial charge in [0.1, 0.15) is 11.4 Å². The second-order valence-electron chi connectivity index (χ2n) is 6.08. The smallest absolute Gasteiger partial charge is 0.272 e. The molecule has 0 atom stereocenters. The van der Waals surface area contributed by atoms with Crippen LogP contribution in [0.4, 0.5) is 0 Å². The lowest BCUT2D eigenvalue weighted by Gasteiger charge is -2.19. The third-order valence-electron chi connectivity index (χ3n) is 4.16. The van der Waals surface area contributed by atoms with E-state index in [1.54, 1.807) is 18.2 Å². The average Bonchev–Trinajstić information content (AvgIpc) is 2.87. The van der Waals surface area contributed by atoms with E-state index in [0.29, 0.717) is 17.9 Å². The summed E-state index contributed by atoms with van der Waals surface area (Å²) < 4.78 is 0. The van der Waals surface area contributed by atoms with Gasteiger partial charge in [-0.25, -0.2) is 4.98 Å². The lowest BCUT2D eigenvalue weighted by Crippen LogP contribution is -2.33. The Bertz CT molecular complexity index is 523. The predicted molar refractivity (Wildman–Crippen MR) is 90.5 cm³/mol. The van der Waals surface area contributed by atoms with Gasteiger partial charge in [-0.3, -0.25) is 9.59 Å². The molecule has 1 saturated heterocycles. The van der Waals surface area contributed by atoms with E-state index in [9.17, 15) is 9.59 Å². The molecular weight excluding hydrogens is 290 g/mol. The van der Waals surface area contributed by atoms with Crippen LogP contribution in [-0.2, 0) is 0 Å². The normalized spacial score (nSPS) is 15.1. The molecule has 1 aromatic heterocycles. The number of nitrogens with one attached hydrogen (secondary N) is 1. The van der Waals surface area contributed by atoms with Crippen molar-refractivity contribution in [2.24, 2.45) is 0 Å². The largest absolute Gasteiger partial charge is 0.351 e. The summed E-state index contributed by atoms with van der Waals surface area (Å²) in [5, 5.41) is 2.86. The van der Waals surface area contributed by atoms with Crippen molar-refractivity contribution >= 4 is 11.8 Å². The first kappa shape index (κ1) is 17.4. The molecule has 2 heterocycles. The van der Waals surface area contributed by atoms with E-state index in [1.807, 2.05) is 4.90 Å². The lowest BCUT2D eigenvalue weighted by atomic mass is 10.2. The Hall–Kier alpha value is -1.91. The molecule has 2 amide bonds. The standard InChI is InChI=1S/C18H27N3O2/c1-2-3-6-12-19-17(22)15-10-9-11-16(20-15)18(23)21-13-7-4-5-8-14-21/h9-11H,2-8,12-14H2,1H3,(H,19,22). The van der Waals surface area contributed by atoms with Crippen LogP contribution in [0.15, 0.2) is 18.2 Å². The molecule has 0 unspecified atom stereocenters. The molecule has 1 aliphatic rings. The van der Waals surface area contributed by atoms with Crippen LogP contribution in [0.5, 0.6) is 0 Å². The van der Waals surface area contributed by atoms with E-state index >= 15 is 0 Å². The fourth-order valence-electron chi connectivity index (χ4n) is 2.78. The van der Waals surface area contributed by atoms with E-state index in [2.05, 4.69) is 17.2 Å². The topological polar surface area (TPSA) is 62.3 Å². The molecule has 5 heteroatoms. The predicted octanol–water partition coefficient (Wildman–Crippen LogP) is 3.02. The molecule has 126 valence electrons. The summed E-state index contributed by atoms with van der Waals surface area (Å²) in [5.74, 6) is -0.265. The van der Waals surface area contributed by atoms with Crippen LogP contribution in [-0.4, -0.2) is 41.3 Å². The minimum absolute atomic E-state index is 0.0625. The number of rotatable bonds is 6. The minimum atomic E-state index is -0.202. The molecule has 0 aromatic carbocycles. The number of carbonyl (C=O) groups excluding carboxylic acids is 2. The second-order valence-corrected chi connectivity index (χ2v) is 6.08. The number of hydrogen-bond acceptors (Lipinski definition) is 3. The van der Waals surface area contributed by atoms with Crippen LogP contribution >= 0.6 is 0 Å². The van der Waals surface area contributed by atoms with Crippen molar-refractivity contribution in [2.45, 2.75) is 51.9 Å². The molecule has 1 N–H and O–H groups in total. The van der Waals surface area contributed by atoms with Crippen LogP contribution in [0.1, 0.15) is 72.8 Å². The van der Waals surface area contributed by atoms with Gasteiger partial charge in [-0.15, -0.1) is 0 Å². The maximum Gasteiger partial charge on any atom is 0.272 e. The summed E-state index contributed by atoms with van der Waals surface area (Å²) in [6.07, 6.45) is 7.63. The fraction of sp³-hybridized carbons (Fsp3) is 0.611. The fourth-order valence-corrected chi connectivity index (χ4v) is 2.78. The zero-order chi connectivity index (χ0) is 16.5. The number of nitrogens with zero attached hydrogens (tertiary/aromatic N) is 2. The van der Waals surface area contributed by atoms with Crippen LogP contribution in [0, 0.1) is 0 Å². The quantitative estimate of drug-likeness (QED) is 0.820. The zero-order valence-electron chi connectivity index (χ0n) is 14.0. The van der Waals surface area contributed by atoms with Crippen LogP contribution < -0.4 is 5.32 Å². The molecule has 23 heavy (non-hydrogen) atoms. The number of hydrogen-bond donors (Lipinski definition) is 1. The van der Waals surface area contributed by atoms with E-state index in [1.165, 1.54) is 12.8 Å². The number of amides is 2. The molecule has 1 aliphatic heterocycles. The highest BCUT2D eigenvalue weighted by Gasteiger charge is 2.19. The summed E-state index contributed by atoms with van der Waals surface area (Å²) in [6.45, 7) is 4.35. The van der Waals surface area contributed by atoms with Crippen molar-refractivity contribution < 1.29 is 9.59 Å². The maximum atomic E-state index is 12.6. The van der Waals surface area contributed by atoms with Crippen molar-refractivity contribution in [3.63, 3.8) is 0 Å². The first-order valence-electron chi connectivity index (χ1n) is 8.77. The Morgan fingerprint density at radius 2 is 1.78 bits per heavy atom. The number of carbonyl (C=O) groups is 2. The third-order valence-corrected chi connectivity index (χ3v) is 4.16. The SMILES string of the molecule is CCCCCNC(=O)c1cccc(C(=O)N2CCCCCC2)n1. The molecule has 0 saturated carbocycles. The molecule has 0 bridgehead atoms. The third kappa shape index (κ3) is 5.34. The number of aromatic nitrogens is 1. The van der Waals surface area contributed by atoms with Crippen molar-refractivity contribution in [3.05, 3.63) is 29.6 Å². The maximum absolute atomic E-state index is 12.6. The Labute approximate surface area is 138 Å². The second kappa shape index (κ2) is 9.28. The lowest BCUT2D eigenvalue weighted by molar-refractivity contribution is 0.0755. The van der Waals surface area contributed by atoms with Gasteiger partial charge in [-0.1, -0.05) is 38.7 Å². The number of unbranched alkanes of at least 4 members (excludes halogenated alkanes) is 2. The van der Waals surface area contributed by atoms with Crippen LogP contribution in [0.2, 0.25) is 0 Å². The van der Waals surface area contributed by atoms with Gasteiger partial charge in [0.05, 0.1) is 0 Å². The van der Waals surface area contributed by atoms with Crippen LogP contribution in [0.3, 0.4) is 0 Å². The molecule has 0 aliphatic carbocycles. The Kier molecular flexibility index (Phi) is 7.04. The zero-order valence-corrected chi connectivity index (χ0v) is 14.0. The van der Waals surface area contributed by atoms with Gasteiger partial charge in [0.15, 0.2) is 0 Å². The molecule has 2 rings (SSSR count). The molecule has 1 fully saturated rings. The van der Waals surface area contributed by atoms with E-state index < -0.39 is 0 Å². The summed E-state index contributed by atoms with van der Waals surface area (Å²) in [5.41, 5.74) is 0.690. The summed E-state index contributed by atoms with van der Waals surface area (Å²) in [7, 11) is 0. The van der Waals surface area contributed by atoms with Crippen molar-refractivity contribution in [2.75, 3.05) is 19.6 Å². The minimum Gasteiger partial charge on any atom is -0.351 e. The van der Waals surface area contributed by atoms with E-state index in [-0.39, 0.29) is 11.8 Å². The highest BCUT2D eigenvalue weighted by atomic mass is 16.2. The van der Waals surface area contributed by atoms with Gasteiger partial charge in [-0.2, -0.15) is 0 Å². The van der Waals surface area contributed by atoms with Crippen molar-refractivity contribution in [3.8, 4) is 0 Å². The van der Waals surface area contributed by atoms with Gasteiger partial charge < -0.3 is 10.2 Å². The van der Waals surface area contributed by atoms with Gasteiger partial charge >= 0.3 is 0 Å². The number of pyridine rings is 1. The summed E-state index contributed by atoms with van der Waals surface area (Å²) >= 11 is 0. The van der Waals surface area contributed by atoms with Crippen molar-refractivity contribution in [1.29, 1.82) is 0 Å². The summed E-state index contributed by atoms with van der Waals surface area (Å²) in [4.78, 5) is 30.8. The van der Waals surface area contributed by atoms with E-state index in [0.717, 1.165) is 45.2 Å². The first-order chi connectivity index (χ1) is 11.2. The Balaban J connectivity index is 1.97. The Morgan fingerprint density at radius 3 is 2.48 bits per heavy atom. The van der Waals surface area contributed by atoms with Gasteiger partial charge in [-0.05, 0) is 31.4 Å². The van der Waals surface area contributed by atoms with Gasteiger partial charge in [0, 0.05) is 19.6 Å². The van der Waals surface area contributed by atoms with Crippen molar-refractivity contribution in [1.82, 2.24) is 15.2 Å². The highest BCUT2D eigenvalue weighted by Crippen LogP contribution is 2.12. The average molecular weight is 317 g/mol. The summed E-state index contributed by atoms with van der Waals surface area (Å²) in [6, 6.07) is 5.09. The molecule has 1 aromatic rings. The van der Waals surface area contributed by atoms with Crippen LogP contribution in [0.25, 0.3) is 0 Å². The Morgan fingerprint density at radius 1 is 1.09 bits per heavy atom. The highest BCUT2D eigenvalue weighted by molar-refractivity contribution is 5.96. The first-order valence-corrected chi connectivity index (χ1v) is 8.77. The molecule has 0 radical (unpaired) electrons. The molecule has 0 spiro atoms. The van der Waals surface area contributed by atoms with Gasteiger partial charge in [0.2, 0.25) is 0 Å².